The van der Waals surface area contributed by atoms with E-state index in [2.05, 4.69) is 4.74 Å². The van der Waals surface area contributed by atoms with E-state index in [1.807, 2.05) is 0 Å². The third-order valence-electron chi connectivity index (χ3n) is 1.25. The van der Waals surface area contributed by atoms with Crippen molar-refractivity contribution in [1.29, 1.82) is 0 Å². The summed E-state index contributed by atoms with van der Waals surface area (Å²) in [5.41, 5.74) is 0. The summed E-state index contributed by atoms with van der Waals surface area (Å²) in [7, 11) is 1.13. The molecule has 0 bridgehead atoms. The average Bonchev–Trinajstić information content (AvgIpc) is 2.46. The Balaban J connectivity index is 3.10. The zero-order valence-corrected chi connectivity index (χ0v) is 7.33. The lowest BCUT2D eigenvalue weighted by atomic mass is 10.4. The van der Waals surface area contributed by atoms with Crippen molar-refractivity contribution in [3.8, 4) is 5.75 Å². The summed E-state index contributed by atoms with van der Waals surface area (Å²) < 4.78 is 4.30. The number of nitrogens with zero attached hydrogens (tertiary/aromatic N) is 1. The van der Waals surface area contributed by atoms with Crippen molar-refractivity contribution < 1.29 is 19.6 Å². The molecule has 0 spiro atoms. The third-order valence-corrected chi connectivity index (χ3v) is 2.31. The second-order valence-electron chi connectivity index (χ2n) is 2.05. The number of aromatic hydroxyl groups is 1. The fourth-order valence-corrected chi connectivity index (χ4v) is 1.48. The Hall–Kier alpha value is -1.63. The van der Waals surface area contributed by atoms with Crippen LogP contribution >= 0.6 is 11.3 Å². The lowest BCUT2D eigenvalue weighted by Crippen LogP contribution is -1.97. The maximum Gasteiger partial charge on any atom is 0.352 e. The molecule has 1 N–H and O–H groups in total. The highest BCUT2D eigenvalue weighted by Gasteiger charge is 2.21. The normalized spacial score (nSPS) is 9.62. The number of ether oxygens (including phenoxy) is 1. The number of carbonyl (C=O) groups is 1. The number of carbonyl (C=O) groups excluding carboxylic acids is 1. The molecule has 0 aliphatic carbocycles. The van der Waals surface area contributed by atoms with Crippen molar-refractivity contribution in [2.75, 3.05) is 7.11 Å². The van der Waals surface area contributed by atoms with Gasteiger partial charge in [0.1, 0.15) is 5.75 Å². The van der Waals surface area contributed by atoms with Crippen LogP contribution in [0.4, 0.5) is 5.00 Å². The molecule has 6 nitrogen and oxygen atoms in total. The molecule has 13 heavy (non-hydrogen) atoms. The molecule has 0 amide bonds. The number of nitro groups is 1. The molecule has 0 aliphatic heterocycles. The summed E-state index contributed by atoms with van der Waals surface area (Å²) >= 11 is 0.577. The van der Waals surface area contributed by atoms with Crippen LogP contribution in [0.15, 0.2) is 6.07 Å². The SMILES string of the molecule is COC(=O)c1sc([N+](=O)[O-])cc1O. The van der Waals surface area contributed by atoms with Gasteiger partial charge in [0, 0.05) is 0 Å². The Morgan fingerprint density at radius 2 is 2.38 bits per heavy atom. The highest BCUT2D eigenvalue weighted by Crippen LogP contribution is 2.33. The molecule has 0 unspecified atom stereocenters. The van der Waals surface area contributed by atoms with Gasteiger partial charge in [-0.15, -0.1) is 0 Å². The molecule has 0 saturated heterocycles. The van der Waals surface area contributed by atoms with Crippen molar-refractivity contribution in [1.82, 2.24) is 0 Å². The molecule has 70 valence electrons. The second-order valence-corrected chi connectivity index (χ2v) is 3.08. The van der Waals surface area contributed by atoms with Crippen LogP contribution in [-0.2, 0) is 4.74 Å². The van der Waals surface area contributed by atoms with E-state index in [4.69, 9.17) is 5.11 Å². The molecule has 1 rings (SSSR count). The van der Waals surface area contributed by atoms with Gasteiger partial charge in [0.15, 0.2) is 4.88 Å². The molecule has 7 heteroatoms. The van der Waals surface area contributed by atoms with E-state index in [1.165, 1.54) is 0 Å². The second kappa shape index (κ2) is 3.40. The van der Waals surface area contributed by atoms with Crippen molar-refractivity contribution >= 4 is 22.3 Å². The summed E-state index contributed by atoms with van der Waals surface area (Å²) in [5.74, 6) is -1.21. The van der Waals surface area contributed by atoms with Gasteiger partial charge >= 0.3 is 11.0 Å². The number of hydrogen-bond donors (Lipinski definition) is 1. The van der Waals surface area contributed by atoms with Gasteiger partial charge in [0.05, 0.1) is 18.1 Å². The smallest absolute Gasteiger partial charge is 0.352 e. The zero-order chi connectivity index (χ0) is 10.0. The van der Waals surface area contributed by atoms with E-state index >= 15 is 0 Å². The van der Waals surface area contributed by atoms with Crippen molar-refractivity contribution in [3.63, 3.8) is 0 Å². The number of rotatable bonds is 2. The number of esters is 1. The first kappa shape index (κ1) is 9.46. The van der Waals surface area contributed by atoms with Crippen LogP contribution in [0, 0.1) is 10.1 Å². The quantitative estimate of drug-likeness (QED) is 0.442. The van der Waals surface area contributed by atoms with Crippen LogP contribution in [-0.4, -0.2) is 23.1 Å². The molecule has 0 aliphatic rings. The maximum absolute atomic E-state index is 10.9. The minimum Gasteiger partial charge on any atom is -0.506 e. The topological polar surface area (TPSA) is 89.7 Å². The molecule has 1 heterocycles. The largest absolute Gasteiger partial charge is 0.506 e. The molecule has 1 aromatic heterocycles. The minimum absolute atomic E-state index is 0.158. The lowest BCUT2D eigenvalue weighted by Gasteiger charge is -1.92. The van der Waals surface area contributed by atoms with Crippen molar-refractivity contribution in [2.24, 2.45) is 0 Å². The third kappa shape index (κ3) is 1.75. The van der Waals surface area contributed by atoms with E-state index in [9.17, 15) is 14.9 Å². The summed E-state index contributed by atoms with van der Waals surface area (Å²) in [6.07, 6.45) is 0. The molecule has 0 atom stereocenters. The monoisotopic (exact) mass is 203 g/mol. The molecular formula is C6H5NO5S. The summed E-state index contributed by atoms with van der Waals surface area (Å²) in [4.78, 5) is 20.3. The minimum atomic E-state index is -0.782. The van der Waals surface area contributed by atoms with Gasteiger partial charge < -0.3 is 9.84 Å². The number of methoxy groups -OCH3 is 1. The molecular weight excluding hydrogens is 198 g/mol. The highest BCUT2D eigenvalue weighted by atomic mass is 32.1. The maximum atomic E-state index is 10.9. The van der Waals surface area contributed by atoms with E-state index in [0.29, 0.717) is 11.3 Å². The molecule has 0 fully saturated rings. The van der Waals surface area contributed by atoms with Gasteiger partial charge in [-0.05, 0) is 0 Å². The van der Waals surface area contributed by atoms with Crippen LogP contribution in [0.25, 0.3) is 0 Å². The highest BCUT2D eigenvalue weighted by molar-refractivity contribution is 7.17. The van der Waals surface area contributed by atoms with Crippen LogP contribution < -0.4 is 0 Å². The van der Waals surface area contributed by atoms with E-state index < -0.39 is 16.6 Å². The Morgan fingerprint density at radius 3 is 2.77 bits per heavy atom. The summed E-state index contributed by atoms with van der Waals surface area (Å²) in [5, 5.41) is 19.0. The Kier molecular flexibility index (Phi) is 2.47. The first-order valence-corrected chi connectivity index (χ1v) is 3.93. The van der Waals surface area contributed by atoms with Crippen LogP contribution in [0.3, 0.4) is 0 Å². The predicted molar refractivity (Wildman–Crippen MR) is 44.0 cm³/mol. The van der Waals surface area contributed by atoms with Crippen LogP contribution in [0.5, 0.6) is 5.75 Å². The fourth-order valence-electron chi connectivity index (χ4n) is 0.698. The van der Waals surface area contributed by atoms with E-state index in [0.717, 1.165) is 13.2 Å². The molecule has 0 aromatic carbocycles. The number of hydrogen-bond acceptors (Lipinski definition) is 6. The van der Waals surface area contributed by atoms with E-state index in [-0.39, 0.29) is 9.88 Å². The summed E-state index contributed by atoms with van der Waals surface area (Å²) in [6.45, 7) is 0. The van der Waals surface area contributed by atoms with Gasteiger partial charge in [-0.3, -0.25) is 10.1 Å². The Bertz CT molecular complexity index is 358. The van der Waals surface area contributed by atoms with Gasteiger partial charge in [0.2, 0.25) is 0 Å². The standard InChI is InChI=1S/C6H5NO5S/c1-12-6(9)5-3(8)2-4(13-5)7(10)11/h2,8H,1H3. The first-order valence-electron chi connectivity index (χ1n) is 3.11. The average molecular weight is 203 g/mol. The van der Waals surface area contributed by atoms with Crippen molar-refractivity contribution in [2.45, 2.75) is 0 Å². The molecule has 1 aromatic rings. The Labute approximate surface area is 76.5 Å². The molecule has 0 radical (unpaired) electrons. The van der Waals surface area contributed by atoms with Gasteiger partial charge in [0.25, 0.3) is 0 Å². The van der Waals surface area contributed by atoms with Crippen LogP contribution in [0.2, 0.25) is 0 Å². The van der Waals surface area contributed by atoms with Crippen molar-refractivity contribution in [3.05, 3.63) is 21.1 Å². The zero-order valence-electron chi connectivity index (χ0n) is 6.51. The van der Waals surface area contributed by atoms with Gasteiger partial charge in [-0.1, -0.05) is 11.3 Å². The van der Waals surface area contributed by atoms with Gasteiger partial charge in [-0.2, -0.15) is 0 Å². The summed E-state index contributed by atoms with van der Waals surface area (Å²) in [6, 6.07) is 0.914. The fraction of sp³-hybridized carbons (Fsp3) is 0.167. The van der Waals surface area contributed by atoms with Gasteiger partial charge in [-0.25, -0.2) is 4.79 Å². The van der Waals surface area contributed by atoms with Crippen LogP contribution in [0.1, 0.15) is 9.67 Å². The Morgan fingerprint density at radius 1 is 1.77 bits per heavy atom. The lowest BCUT2D eigenvalue weighted by molar-refractivity contribution is -0.380. The first-order chi connectivity index (χ1) is 6.06. The number of thiophene rings is 1. The molecule has 0 saturated carbocycles. The van der Waals surface area contributed by atoms with E-state index in [1.54, 1.807) is 0 Å². The predicted octanol–water partition coefficient (Wildman–Crippen LogP) is 1.15.